The maximum atomic E-state index is 11.4. The van der Waals surface area contributed by atoms with Crippen molar-refractivity contribution in [3.8, 4) is 5.75 Å². The third kappa shape index (κ3) is 4.22. The van der Waals surface area contributed by atoms with Gasteiger partial charge in [0.25, 0.3) is 0 Å². The average Bonchev–Trinajstić information content (AvgIpc) is 2.32. The highest BCUT2D eigenvalue weighted by atomic mass is 16.5. The molecule has 0 N–H and O–H groups in total. The average molecular weight is 234 g/mol. The lowest BCUT2D eigenvalue weighted by Crippen LogP contribution is -2.07. The van der Waals surface area contributed by atoms with E-state index in [4.69, 9.17) is 4.74 Å². The number of hydrogen-bond acceptors (Lipinski definition) is 2. The van der Waals surface area contributed by atoms with E-state index in [0.717, 1.165) is 37.2 Å². The lowest BCUT2D eigenvalue weighted by atomic mass is 9.93. The molecule has 94 valence electrons. The summed E-state index contributed by atoms with van der Waals surface area (Å²) < 4.78 is 5.59. The number of carbonyl (C=O) groups is 1. The van der Waals surface area contributed by atoms with E-state index in [2.05, 4.69) is 6.92 Å². The van der Waals surface area contributed by atoms with Gasteiger partial charge in [0.2, 0.25) is 0 Å². The standard InChI is InChI=1S/C15H22O2/c1-4-6-11-17-14-9-7-13(8-10-14)15(5-2)12(3)16/h7-10,15H,4-6,11H2,1-3H3. The molecule has 0 saturated carbocycles. The first-order chi connectivity index (χ1) is 8.19. The van der Waals surface area contributed by atoms with Crippen molar-refractivity contribution in [3.63, 3.8) is 0 Å². The van der Waals surface area contributed by atoms with Crippen molar-refractivity contribution in [3.05, 3.63) is 29.8 Å². The van der Waals surface area contributed by atoms with Gasteiger partial charge >= 0.3 is 0 Å². The van der Waals surface area contributed by atoms with E-state index in [9.17, 15) is 4.79 Å². The fourth-order valence-corrected chi connectivity index (χ4v) is 1.89. The normalized spacial score (nSPS) is 12.2. The summed E-state index contributed by atoms with van der Waals surface area (Å²) >= 11 is 0. The molecule has 1 aromatic carbocycles. The Bertz CT molecular complexity index is 340. The molecule has 1 aromatic rings. The van der Waals surface area contributed by atoms with Crippen LogP contribution in [0, 0.1) is 0 Å². The van der Waals surface area contributed by atoms with Crippen molar-refractivity contribution in [2.45, 2.75) is 46.0 Å². The zero-order valence-corrected chi connectivity index (χ0v) is 11.0. The minimum atomic E-state index is 0.0275. The number of carbonyl (C=O) groups excluding carboxylic acids is 1. The van der Waals surface area contributed by atoms with Crippen molar-refractivity contribution < 1.29 is 9.53 Å². The Balaban J connectivity index is 2.63. The highest BCUT2D eigenvalue weighted by Gasteiger charge is 2.13. The van der Waals surface area contributed by atoms with Crippen LogP contribution in [0.1, 0.15) is 51.5 Å². The van der Waals surface area contributed by atoms with Crippen molar-refractivity contribution in [1.29, 1.82) is 0 Å². The Labute approximate surface area is 104 Å². The number of unbranched alkanes of at least 4 members (excludes halogenated alkanes) is 1. The molecule has 17 heavy (non-hydrogen) atoms. The van der Waals surface area contributed by atoms with Crippen LogP contribution in [0.25, 0.3) is 0 Å². The Kier molecular flexibility index (Phi) is 5.75. The zero-order valence-electron chi connectivity index (χ0n) is 11.0. The topological polar surface area (TPSA) is 26.3 Å². The van der Waals surface area contributed by atoms with Crippen LogP contribution in [0.3, 0.4) is 0 Å². The molecular weight excluding hydrogens is 212 g/mol. The fraction of sp³-hybridized carbons (Fsp3) is 0.533. The first kappa shape index (κ1) is 13.8. The largest absolute Gasteiger partial charge is 0.494 e. The van der Waals surface area contributed by atoms with E-state index in [-0.39, 0.29) is 11.7 Å². The summed E-state index contributed by atoms with van der Waals surface area (Å²) in [5, 5.41) is 0. The predicted molar refractivity (Wildman–Crippen MR) is 70.6 cm³/mol. The van der Waals surface area contributed by atoms with Crippen LogP contribution in [-0.2, 0) is 4.79 Å². The van der Waals surface area contributed by atoms with Gasteiger partial charge in [-0.05, 0) is 37.5 Å². The Morgan fingerprint density at radius 2 is 1.88 bits per heavy atom. The summed E-state index contributed by atoms with van der Waals surface area (Å²) in [6.07, 6.45) is 3.07. The summed E-state index contributed by atoms with van der Waals surface area (Å²) in [6, 6.07) is 7.90. The molecule has 1 rings (SSSR count). The molecule has 0 aliphatic carbocycles. The summed E-state index contributed by atoms with van der Waals surface area (Å²) in [5.74, 6) is 1.15. The molecule has 1 unspecified atom stereocenters. The van der Waals surface area contributed by atoms with E-state index < -0.39 is 0 Å². The molecule has 0 fully saturated rings. The second-order valence-corrected chi connectivity index (χ2v) is 4.34. The van der Waals surface area contributed by atoms with E-state index in [1.807, 2.05) is 31.2 Å². The maximum absolute atomic E-state index is 11.4. The molecule has 0 radical (unpaired) electrons. The number of hydrogen-bond donors (Lipinski definition) is 0. The summed E-state index contributed by atoms with van der Waals surface area (Å²) in [6.45, 7) is 6.60. The highest BCUT2D eigenvalue weighted by Crippen LogP contribution is 2.23. The molecular formula is C15H22O2. The number of Topliss-reactive ketones (excluding diaryl/α,β-unsaturated/α-hetero) is 1. The number of benzene rings is 1. The van der Waals surface area contributed by atoms with Gasteiger partial charge in [0.05, 0.1) is 6.61 Å². The minimum Gasteiger partial charge on any atom is -0.494 e. The SMILES string of the molecule is CCCCOc1ccc(C(CC)C(C)=O)cc1. The molecule has 0 heterocycles. The second-order valence-electron chi connectivity index (χ2n) is 4.34. The lowest BCUT2D eigenvalue weighted by molar-refractivity contribution is -0.118. The van der Waals surface area contributed by atoms with Crippen LogP contribution in [-0.4, -0.2) is 12.4 Å². The molecule has 0 aliphatic rings. The summed E-state index contributed by atoms with van der Waals surface area (Å²) in [5.41, 5.74) is 1.09. The van der Waals surface area contributed by atoms with Crippen molar-refractivity contribution >= 4 is 5.78 Å². The summed E-state index contributed by atoms with van der Waals surface area (Å²) in [7, 11) is 0. The van der Waals surface area contributed by atoms with E-state index in [1.165, 1.54) is 0 Å². The first-order valence-electron chi connectivity index (χ1n) is 6.42. The van der Waals surface area contributed by atoms with Gasteiger partial charge in [-0.2, -0.15) is 0 Å². The maximum Gasteiger partial charge on any atom is 0.137 e. The Hall–Kier alpha value is -1.31. The molecule has 0 aliphatic heterocycles. The molecule has 1 atom stereocenters. The van der Waals surface area contributed by atoms with Crippen LogP contribution in [0.15, 0.2) is 24.3 Å². The third-order valence-corrected chi connectivity index (χ3v) is 2.95. The van der Waals surface area contributed by atoms with Gasteiger partial charge in [-0.3, -0.25) is 4.79 Å². The van der Waals surface area contributed by atoms with E-state index >= 15 is 0 Å². The van der Waals surface area contributed by atoms with Gasteiger partial charge in [-0.15, -0.1) is 0 Å². The van der Waals surface area contributed by atoms with Gasteiger partial charge in [-0.25, -0.2) is 0 Å². The van der Waals surface area contributed by atoms with Crippen LogP contribution in [0.2, 0.25) is 0 Å². The highest BCUT2D eigenvalue weighted by molar-refractivity contribution is 5.83. The fourth-order valence-electron chi connectivity index (χ4n) is 1.89. The lowest BCUT2D eigenvalue weighted by Gasteiger charge is -2.12. The predicted octanol–water partition coefficient (Wildman–Crippen LogP) is 3.95. The molecule has 0 spiro atoms. The van der Waals surface area contributed by atoms with Crippen LogP contribution in [0.4, 0.5) is 0 Å². The summed E-state index contributed by atoms with van der Waals surface area (Å²) in [4.78, 5) is 11.4. The van der Waals surface area contributed by atoms with Gasteiger partial charge in [0, 0.05) is 5.92 Å². The molecule has 0 bridgehead atoms. The monoisotopic (exact) mass is 234 g/mol. The zero-order chi connectivity index (χ0) is 12.7. The van der Waals surface area contributed by atoms with Gasteiger partial charge in [0.1, 0.15) is 11.5 Å². The quantitative estimate of drug-likeness (QED) is 0.668. The van der Waals surface area contributed by atoms with Crippen LogP contribution in [0.5, 0.6) is 5.75 Å². The van der Waals surface area contributed by atoms with Crippen LogP contribution >= 0.6 is 0 Å². The molecule has 0 amide bonds. The number of ether oxygens (including phenoxy) is 1. The van der Waals surface area contributed by atoms with Crippen molar-refractivity contribution in [2.75, 3.05) is 6.61 Å². The first-order valence-corrected chi connectivity index (χ1v) is 6.42. The molecule has 0 aromatic heterocycles. The molecule has 2 heteroatoms. The second kappa shape index (κ2) is 7.10. The number of rotatable bonds is 7. The van der Waals surface area contributed by atoms with Gasteiger partial charge < -0.3 is 4.74 Å². The van der Waals surface area contributed by atoms with Crippen LogP contribution < -0.4 is 4.74 Å². The van der Waals surface area contributed by atoms with E-state index in [1.54, 1.807) is 6.92 Å². The minimum absolute atomic E-state index is 0.0275. The smallest absolute Gasteiger partial charge is 0.137 e. The third-order valence-electron chi connectivity index (χ3n) is 2.95. The Morgan fingerprint density at radius 1 is 1.24 bits per heavy atom. The van der Waals surface area contributed by atoms with Crippen molar-refractivity contribution in [1.82, 2.24) is 0 Å². The molecule has 0 saturated heterocycles. The number of ketones is 1. The van der Waals surface area contributed by atoms with Gasteiger partial charge in [0.15, 0.2) is 0 Å². The molecule has 2 nitrogen and oxygen atoms in total. The Morgan fingerprint density at radius 3 is 2.35 bits per heavy atom. The van der Waals surface area contributed by atoms with Gasteiger partial charge in [-0.1, -0.05) is 32.4 Å². The van der Waals surface area contributed by atoms with E-state index in [0.29, 0.717) is 0 Å². The van der Waals surface area contributed by atoms with Crippen molar-refractivity contribution in [2.24, 2.45) is 0 Å².